The van der Waals surface area contributed by atoms with E-state index in [-0.39, 0.29) is 12.3 Å². The lowest BCUT2D eigenvalue weighted by molar-refractivity contribution is -0.118. The second-order valence-electron chi connectivity index (χ2n) is 2.46. The average molecular weight is 129 g/mol. The number of nitrogens with two attached hydrogens (primary N) is 1. The minimum Gasteiger partial charge on any atom is -0.324 e. The standard InChI is InChI=1S/C7H15NO/c1-3-6(2)4-7(9)5-8/h6H,3-5,8H2,1-2H3. The van der Waals surface area contributed by atoms with Gasteiger partial charge < -0.3 is 5.73 Å². The molecule has 0 aromatic rings. The Balaban J connectivity index is 3.34. The van der Waals surface area contributed by atoms with E-state index in [0.29, 0.717) is 12.3 Å². The van der Waals surface area contributed by atoms with Gasteiger partial charge in [0.1, 0.15) is 5.78 Å². The van der Waals surface area contributed by atoms with Gasteiger partial charge in [-0.2, -0.15) is 0 Å². The van der Waals surface area contributed by atoms with Gasteiger partial charge in [0.05, 0.1) is 6.54 Å². The van der Waals surface area contributed by atoms with Crippen molar-refractivity contribution in [1.82, 2.24) is 0 Å². The Morgan fingerprint density at radius 2 is 2.22 bits per heavy atom. The Labute approximate surface area is 56.4 Å². The fraction of sp³-hybridized carbons (Fsp3) is 0.857. The molecule has 0 aliphatic carbocycles. The highest BCUT2D eigenvalue weighted by Crippen LogP contribution is 2.05. The number of rotatable bonds is 4. The lowest BCUT2D eigenvalue weighted by Crippen LogP contribution is -2.15. The fourth-order valence-corrected chi connectivity index (χ4v) is 0.616. The third-order valence-electron chi connectivity index (χ3n) is 1.50. The molecule has 0 amide bonds. The average Bonchev–Trinajstić information content (AvgIpc) is 1.87. The molecule has 0 fully saturated rings. The van der Waals surface area contributed by atoms with Crippen molar-refractivity contribution in [1.29, 1.82) is 0 Å². The summed E-state index contributed by atoms with van der Waals surface area (Å²) in [4.78, 5) is 10.7. The monoisotopic (exact) mass is 129 g/mol. The maximum Gasteiger partial charge on any atom is 0.146 e. The van der Waals surface area contributed by atoms with Crippen molar-refractivity contribution in [2.75, 3.05) is 6.54 Å². The Morgan fingerprint density at radius 3 is 2.56 bits per heavy atom. The molecule has 0 rings (SSSR count). The lowest BCUT2D eigenvalue weighted by Gasteiger charge is -2.03. The van der Waals surface area contributed by atoms with Gasteiger partial charge in [0, 0.05) is 6.42 Å². The Morgan fingerprint density at radius 1 is 1.67 bits per heavy atom. The predicted molar refractivity (Wildman–Crippen MR) is 38.1 cm³/mol. The molecule has 1 atom stereocenters. The van der Waals surface area contributed by atoms with E-state index in [0.717, 1.165) is 6.42 Å². The molecule has 1 unspecified atom stereocenters. The summed E-state index contributed by atoms with van der Waals surface area (Å²) < 4.78 is 0. The van der Waals surface area contributed by atoms with E-state index in [4.69, 9.17) is 5.73 Å². The first kappa shape index (κ1) is 8.63. The highest BCUT2D eigenvalue weighted by molar-refractivity contribution is 5.80. The van der Waals surface area contributed by atoms with E-state index >= 15 is 0 Å². The van der Waals surface area contributed by atoms with Crippen molar-refractivity contribution in [3.8, 4) is 0 Å². The summed E-state index contributed by atoms with van der Waals surface area (Å²) in [6.07, 6.45) is 1.71. The highest BCUT2D eigenvalue weighted by atomic mass is 16.1. The zero-order valence-electron chi connectivity index (χ0n) is 6.18. The van der Waals surface area contributed by atoms with Gasteiger partial charge in [0.15, 0.2) is 0 Å². The van der Waals surface area contributed by atoms with E-state index in [9.17, 15) is 4.79 Å². The quantitative estimate of drug-likeness (QED) is 0.614. The molecule has 0 aromatic heterocycles. The summed E-state index contributed by atoms with van der Waals surface area (Å²) in [7, 11) is 0. The summed E-state index contributed by atoms with van der Waals surface area (Å²) >= 11 is 0. The summed E-state index contributed by atoms with van der Waals surface area (Å²) in [5, 5.41) is 0. The molecule has 0 aromatic carbocycles. The molecule has 0 saturated heterocycles. The molecule has 0 bridgehead atoms. The number of ketones is 1. The van der Waals surface area contributed by atoms with Gasteiger partial charge in [-0.15, -0.1) is 0 Å². The number of hydrogen-bond acceptors (Lipinski definition) is 2. The Hall–Kier alpha value is -0.370. The maximum atomic E-state index is 10.7. The first-order valence-electron chi connectivity index (χ1n) is 3.42. The summed E-state index contributed by atoms with van der Waals surface area (Å²) in [6, 6.07) is 0. The molecule has 2 heteroatoms. The minimum absolute atomic E-state index is 0.171. The smallest absolute Gasteiger partial charge is 0.146 e. The molecule has 2 nitrogen and oxygen atoms in total. The molecular formula is C7H15NO. The molecule has 0 aliphatic rings. The normalized spacial score (nSPS) is 13.2. The second-order valence-corrected chi connectivity index (χ2v) is 2.46. The van der Waals surface area contributed by atoms with Crippen LogP contribution in [-0.2, 0) is 4.79 Å². The van der Waals surface area contributed by atoms with E-state index in [1.54, 1.807) is 0 Å². The largest absolute Gasteiger partial charge is 0.324 e. The molecule has 0 radical (unpaired) electrons. The third-order valence-corrected chi connectivity index (χ3v) is 1.50. The molecule has 0 heterocycles. The van der Waals surface area contributed by atoms with Crippen LogP contribution in [0.4, 0.5) is 0 Å². The molecule has 54 valence electrons. The minimum atomic E-state index is 0.171. The molecule has 0 saturated carbocycles. The van der Waals surface area contributed by atoms with Gasteiger partial charge >= 0.3 is 0 Å². The van der Waals surface area contributed by atoms with Crippen LogP contribution in [0, 0.1) is 5.92 Å². The number of carbonyl (C=O) groups excluding carboxylic acids is 1. The Bertz CT molecular complexity index is 90.9. The lowest BCUT2D eigenvalue weighted by atomic mass is 10.0. The van der Waals surface area contributed by atoms with E-state index in [1.807, 2.05) is 0 Å². The van der Waals surface area contributed by atoms with Crippen molar-refractivity contribution in [3.63, 3.8) is 0 Å². The summed E-state index contributed by atoms with van der Waals surface area (Å²) in [5.41, 5.74) is 5.13. The van der Waals surface area contributed by atoms with Crippen LogP contribution in [0.15, 0.2) is 0 Å². The van der Waals surface area contributed by atoms with E-state index in [2.05, 4.69) is 13.8 Å². The van der Waals surface area contributed by atoms with E-state index < -0.39 is 0 Å². The van der Waals surface area contributed by atoms with Crippen LogP contribution in [-0.4, -0.2) is 12.3 Å². The first-order chi connectivity index (χ1) is 4.20. The molecule has 0 aliphatic heterocycles. The van der Waals surface area contributed by atoms with Gasteiger partial charge in [-0.25, -0.2) is 0 Å². The first-order valence-corrected chi connectivity index (χ1v) is 3.42. The zero-order chi connectivity index (χ0) is 7.28. The van der Waals surface area contributed by atoms with Crippen molar-refractivity contribution >= 4 is 5.78 Å². The van der Waals surface area contributed by atoms with Gasteiger partial charge in [0.2, 0.25) is 0 Å². The predicted octanol–water partition coefficient (Wildman–Crippen LogP) is 0.950. The van der Waals surface area contributed by atoms with Crippen LogP contribution >= 0.6 is 0 Å². The van der Waals surface area contributed by atoms with Crippen LogP contribution in [0.25, 0.3) is 0 Å². The van der Waals surface area contributed by atoms with Gasteiger partial charge in [0.25, 0.3) is 0 Å². The van der Waals surface area contributed by atoms with Gasteiger partial charge in [-0.1, -0.05) is 20.3 Å². The van der Waals surface area contributed by atoms with Gasteiger partial charge in [-0.3, -0.25) is 4.79 Å². The maximum absolute atomic E-state index is 10.7. The summed E-state index contributed by atoms with van der Waals surface area (Å²) in [6.45, 7) is 4.34. The zero-order valence-corrected chi connectivity index (χ0v) is 6.18. The molecule has 9 heavy (non-hydrogen) atoms. The topological polar surface area (TPSA) is 43.1 Å². The highest BCUT2D eigenvalue weighted by Gasteiger charge is 2.03. The van der Waals surface area contributed by atoms with Crippen LogP contribution in [0.2, 0.25) is 0 Å². The second kappa shape index (κ2) is 4.50. The number of Topliss-reactive ketones (excluding diaryl/α,β-unsaturated/α-hetero) is 1. The van der Waals surface area contributed by atoms with Gasteiger partial charge in [-0.05, 0) is 5.92 Å². The molecule has 0 spiro atoms. The van der Waals surface area contributed by atoms with E-state index in [1.165, 1.54) is 0 Å². The van der Waals surface area contributed by atoms with Crippen LogP contribution in [0.1, 0.15) is 26.7 Å². The van der Waals surface area contributed by atoms with Crippen LogP contribution < -0.4 is 5.73 Å². The SMILES string of the molecule is CCC(C)CC(=O)CN. The van der Waals surface area contributed by atoms with Crippen LogP contribution in [0.3, 0.4) is 0 Å². The summed E-state index contributed by atoms with van der Waals surface area (Å²) in [5.74, 6) is 0.672. The number of carbonyl (C=O) groups is 1. The molecule has 2 N–H and O–H groups in total. The fourth-order valence-electron chi connectivity index (χ4n) is 0.616. The van der Waals surface area contributed by atoms with Crippen molar-refractivity contribution in [3.05, 3.63) is 0 Å². The van der Waals surface area contributed by atoms with Crippen molar-refractivity contribution in [2.45, 2.75) is 26.7 Å². The van der Waals surface area contributed by atoms with Crippen molar-refractivity contribution < 1.29 is 4.79 Å². The third kappa shape index (κ3) is 4.15. The Kier molecular flexibility index (Phi) is 4.32. The molecular weight excluding hydrogens is 114 g/mol. The number of hydrogen-bond donors (Lipinski definition) is 1. The van der Waals surface area contributed by atoms with Crippen LogP contribution in [0.5, 0.6) is 0 Å². The van der Waals surface area contributed by atoms with Crippen molar-refractivity contribution in [2.24, 2.45) is 11.7 Å².